The smallest absolute Gasteiger partial charge is 0.287 e. The molecule has 2 aromatic carbocycles. The van der Waals surface area contributed by atoms with Crippen LogP contribution < -0.4 is 10.1 Å². The van der Waals surface area contributed by atoms with Crippen molar-refractivity contribution in [3.63, 3.8) is 0 Å². The normalized spacial score (nSPS) is 10.9. The Kier molecular flexibility index (Phi) is 6.53. The summed E-state index contributed by atoms with van der Waals surface area (Å²) in [5.41, 5.74) is 3.77. The molecule has 0 saturated heterocycles. The third kappa shape index (κ3) is 4.66. The lowest BCUT2D eigenvalue weighted by Crippen LogP contribution is -2.23. The maximum Gasteiger partial charge on any atom is 0.287 e. The van der Waals surface area contributed by atoms with Crippen molar-refractivity contribution >= 4 is 29.1 Å². The lowest BCUT2D eigenvalue weighted by Gasteiger charge is -2.07. The molecule has 2 aromatic heterocycles. The first-order valence-corrected chi connectivity index (χ1v) is 10.7. The van der Waals surface area contributed by atoms with Crippen LogP contribution in [0.1, 0.15) is 33.3 Å². The van der Waals surface area contributed by atoms with Crippen molar-refractivity contribution in [1.29, 1.82) is 0 Å². The summed E-state index contributed by atoms with van der Waals surface area (Å²) in [4.78, 5) is 12.6. The third-order valence-corrected chi connectivity index (χ3v) is 5.84. The number of hydrogen-bond donors (Lipinski definition) is 1. The summed E-state index contributed by atoms with van der Waals surface area (Å²) in [7, 11) is 0. The number of amides is 1. The van der Waals surface area contributed by atoms with Crippen LogP contribution in [0.5, 0.6) is 5.75 Å². The van der Waals surface area contributed by atoms with Crippen LogP contribution in [0.25, 0.3) is 5.69 Å². The van der Waals surface area contributed by atoms with Gasteiger partial charge >= 0.3 is 0 Å². The molecule has 0 radical (unpaired) electrons. The highest BCUT2D eigenvalue weighted by atomic mass is 35.5. The first-order chi connectivity index (χ1) is 15.4. The number of aryl methyl sites for hydroxylation is 1. The highest BCUT2D eigenvalue weighted by Crippen LogP contribution is 2.32. The zero-order valence-electron chi connectivity index (χ0n) is 17.6. The Hall–Kier alpha value is -3.22. The van der Waals surface area contributed by atoms with E-state index in [9.17, 15) is 4.79 Å². The summed E-state index contributed by atoms with van der Waals surface area (Å²) in [5, 5.41) is 8.25. The van der Waals surface area contributed by atoms with Crippen LogP contribution in [0.3, 0.4) is 0 Å². The molecule has 1 N–H and O–H groups in total. The number of nitrogens with one attached hydrogen (secondary N) is 1. The first kappa shape index (κ1) is 22.0. The van der Waals surface area contributed by atoms with Crippen LogP contribution in [0.4, 0.5) is 0 Å². The predicted octanol–water partition coefficient (Wildman–Crippen LogP) is 5.90. The standard InChI is InChI=1S/C24H21Cl2N3O3/c1-15-19(16(2)29(28-15)17-7-4-3-5-8-17)13-27-24(30)22-12-11-18(32-22)14-31-21-10-6-9-20(25)23(21)26/h3-12H,13-14H2,1-2H3,(H,27,30). The zero-order chi connectivity index (χ0) is 22.7. The van der Waals surface area contributed by atoms with Crippen LogP contribution in [0, 0.1) is 13.8 Å². The van der Waals surface area contributed by atoms with Gasteiger partial charge in [0.05, 0.1) is 16.4 Å². The van der Waals surface area contributed by atoms with Gasteiger partial charge in [-0.25, -0.2) is 4.68 Å². The zero-order valence-corrected chi connectivity index (χ0v) is 19.1. The highest BCUT2D eigenvalue weighted by molar-refractivity contribution is 6.42. The number of carbonyl (C=O) groups excluding carboxylic acids is 1. The summed E-state index contributed by atoms with van der Waals surface area (Å²) in [6.45, 7) is 4.37. The van der Waals surface area contributed by atoms with Gasteiger partial charge in [0, 0.05) is 17.8 Å². The molecule has 0 fully saturated rings. The number of carbonyl (C=O) groups is 1. The number of nitrogens with zero attached hydrogens (tertiary/aromatic N) is 2. The molecule has 0 atom stereocenters. The van der Waals surface area contributed by atoms with E-state index < -0.39 is 0 Å². The summed E-state index contributed by atoms with van der Waals surface area (Å²) < 4.78 is 13.2. The molecule has 164 valence electrons. The van der Waals surface area contributed by atoms with Crippen molar-refractivity contribution < 1.29 is 13.9 Å². The fourth-order valence-electron chi connectivity index (χ4n) is 3.33. The van der Waals surface area contributed by atoms with E-state index in [1.165, 1.54) is 0 Å². The van der Waals surface area contributed by atoms with Crippen LogP contribution >= 0.6 is 23.2 Å². The first-order valence-electron chi connectivity index (χ1n) is 9.98. The number of furan rings is 1. The molecule has 8 heteroatoms. The fourth-order valence-corrected chi connectivity index (χ4v) is 3.68. The van der Waals surface area contributed by atoms with Crippen LogP contribution in [0.2, 0.25) is 10.0 Å². The molecule has 0 unspecified atom stereocenters. The molecule has 4 aromatic rings. The molecule has 0 bridgehead atoms. The monoisotopic (exact) mass is 469 g/mol. The van der Waals surface area contributed by atoms with Gasteiger partial charge in [-0.05, 0) is 50.2 Å². The lowest BCUT2D eigenvalue weighted by molar-refractivity contribution is 0.0919. The molecule has 2 heterocycles. The van der Waals surface area contributed by atoms with Crippen LogP contribution in [-0.2, 0) is 13.2 Å². The number of para-hydroxylation sites is 1. The van der Waals surface area contributed by atoms with Gasteiger partial charge in [-0.1, -0.05) is 47.5 Å². The van der Waals surface area contributed by atoms with Gasteiger partial charge in [-0.3, -0.25) is 4.79 Å². The minimum atomic E-state index is -0.316. The minimum Gasteiger partial charge on any atom is -0.484 e. The maximum atomic E-state index is 12.6. The molecule has 0 saturated carbocycles. The number of aromatic nitrogens is 2. The Bertz CT molecular complexity index is 1250. The Morgan fingerprint density at radius 3 is 2.62 bits per heavy atom. The van der Waals surface area contributed by atoms with Gasteiger partial charge in [0.2, 0.25) is 0 Å². The Morgan fingerprint density at radius 2 is 1.84 bits per heavy atom. The second kappa shape index (κ2) is 9.51. The van der Waals surface area contributed by atoms with Crippen molar-refractivity contribution in [2.45, 2.75) is 27.0 Å². The highest BCUT2D eigenvalue weighted by Gasteiger charge is 2.16. The quantitative estimate of drug-likeness (QED) is 0.365. The SMILES string of the molecule is Cc1nn(-c2ccccc2)c(C)c1CNC(=O)c1ccc(COc2cccc(Cl)c2Cl)o1. The van der Waals surface area contributed by atoms with E-state index in [1.54, 1.807) is 30.3 Å². The Labute approximate surface area is 195 Å². The molecule has 1 amide bonds. The fraction of sp³-hybridized carbons (Fsp3) is 0.167. The third-order valence-electron chi connectivity index (χ3n) is 5.04. The van der Waals surface area contributed by atoms with Crippen molar-refractivity contribution in [3.8, 4) is 11.4 Å². The van der Waals surface area contributed by atoms with E-state index in [-0.39, 0.29) is 18.3 Å². The average Bonchev–Trinajstić information content (AvgIpc) is 3.38. The number of hydrogen-bond acceptors (Lipinski definition) is 4. The van der Waals surface area contributed by atoms with Crippen molar-refractivity contribution in [1.82, 2.24) is 15.1 Å². The molecule has 0 spiro atoms. The van der Waals surface area contributed by atoms with Gasteiger partial charge in [0.1, 0.15) is 23.1 Å². The Balaban J connectivity index is 1.39. The molecular weight excluding hydrogens is 449 g/mol. The molecule has 32 heavy (non-hydrogen) atoms. The summed E-state index contributed by atoms with van der Waals surface area (Å²) in [6.07, 6.45) is 0. The number of ether oxygens (including phenoxy) is 1. The second-order valence-electron chi connectivity index (χ2n) is 7.19. The molecule has 0 aliphatic heterocycles. The predicted molar refractivity (Wildman–Crippen MR) is 124 cm³/mol. The molecular formula is C24H21Cl2N3O3. The molecule has 6 nitrogen and oxygen atoms in total. The van der Waals surface area contributed by atoms with E-state index in [4.69, 9.17) is 32.4 Å². The van der Waals surface area contributed by atoms with E-state index in [2.05, 4.69) is 10.4 Å². The van der Waals surface area contributed by atoms with Crippen molar-refractivity contribution in [2.75, 3.05) is 0 Å². The molecule has 4 rings (SSSR count). The molecule has 0 aliphatic rings. The lowest BCUT2D eigenvalue weighted by atomic mass is 10.2. The second-order valence-corrected chi connectivity index (χ2v) is 7.97. The summed E-state index contributed by atoms with van der Waals surface area (Å²) in [5.74, 6) is 0.827. The van der Waals surface area contributed by atoms with Crippen LogP contribution in [-0.4, -0.2) is 15.7 Å². The van der Waals surface area contributed by atoms with E-state index in [0.29, 0.717) is 28.1 Å². The maximum absolute atomic E-state index is 12.6. The average molecular weight is 470 g/mol. The van der Waals surface area contributed by atoms with E-state index in [1.807, 2.05) is 48.9 Å². The van der Waals surface area contributed by atoms with Gasteiger partial charge in [0.25, 0.3) is 5.91 Å². The topological polar surface area (TPSA) is 69.3 Å². The number of rotatable bonds is 7. The summed E-state index contributed by atoms with van der Waals surface area (Å²) in [6, 6.07) is 18.3. The summed E-state index contributed by atoms with van der Waals surface area (Å²) >= 11 is 12.1. The van der Waals surface area contributed by atoms with E-state index in [0.717, 1.165) is 22.6 Å². The van der Waals surface area contributed by atoms with Crippen LogP contribution in [0.15, 0.2) is 65.1 Å². The Morgan fingerprint density at radius 1 is 1.06 bits per heavy atom. The number of halogens is 2. The largest absolute Gasteiger partial charge is 0.484 e. The van der Waals surface area contributed by atoms with Gasteiger partial charge in [-0.2, -0.15) is 5.10 Å². The molecule has 0 aliphatic carbocycles. The van der Waals surface area contributed by atoms with Gasteiger partial charge < -0.3 is 14.5 Å². The van der Waals surface area contributed by atoms with Crippen molar-refractivity contribution in [3.05, 3.63) is 99.2 Å². The van der Waals surface area contributed by atoms with Crippen molar-refractivity contribution in [2.24, 2.45) is 0 Å². The minimum absolute atomic E-state index is 0.120. The van der Waals surface area contributed by atoms with E-state index >= 15 is 0 Å². The van der Waals surface area contributed by atoms with Gasteiger partial charge in [-0.15, -0.1) is 0 Å². The van der Waals surface area contributed by atoms with Gasteiger partial charge in [0.15, 0.2) is 5.76 Å². The number of benzene rings is 2.